The molecule has 0 aromatic rings. The van der Waals surface area contributed by atoms with E-state index in [0.717, 1.165) is 12.8 Å². The van der Waals surface area contributed by atoms with Crippen LogP contribution in [0.3, 0.4) is 0 Å². The van der Waals surface area contributed by atoms with Gasteiger partial charge in [-0.15, -0.1) is 0 Å². The van der Waals surface area contributed by atoms with Gasteiger partial charge >= 0.3 is 5.97 Å². The summed E-state index contributed by atoms with van der Waals surface area (Å²) >= 11 is 0. The maximum Gasteiger partial charge on any atom is 0.312 e. The highest BCUT2D eigenvalue weighted by Gasteiger charge is 2.47. The van der Waals surface area contributed by atoms with Crippen LogP contribution in [0, 0.1) is 11.8 Å². The SMILES string of the molecule is CCCCCCOC(=O)C1C2C=CC(O2)C1C. The van der Waals surface area contributed by atoms with Gasteiger partial charge in [0.2, 0.25) is 0 Å². The van der Waals surface area contributed by atoms with E-state index in [1.807, 2.05) is 6.08 Å². The van der Waals surface area contributed by atoms with Crippen LogP contribution in [-0.2, 0) is 14.3 Å². The van der Waals surface area contributed by atoms with Crippen molar-refractivity contribution in [3.05, 3.63) is 12.2 Å². The van der Waals surface area contributed by atoms with Gasteiger partial charge in [0.1, 0.15) is 0 Å². The number of rotatable bonds is 6. The van der Waals surface area contributed by atoms with Crippen LogP contribution in [0.1, 0.15) is 39.5 Å². The minimum Gasteiger partial charge on any atom is -0.465 e. The number of fused-ring (bicyclic) bond motifs is 2. The van der Waals surface area contributed by atoms with Crippen molar-refractivity contribution in [2.24, 2.45) is 11.8 Å². The Bertz CT molecular complexity index is 298. The number of esters is 1. The minimum absolute atomic E-state index is 0.0434. The molecule has 2 rings (SSSR count). The molecule has 0 N–H and O–H groups in total. The van der Waals surface area contributed by atoms with Crippen LogP contribution in [0.15, 0.2) is 12.2 Å². The molecule has 2 bridgehead atoms. The van der Waals surface area contributed by atoms with Crippen LogP contribution in [0.25, 0.3) is 0 Å². The molecule has 2 aliphatic heterocycles. The van der Waals surface area contributed by atoms with Gasteiger partial charge in [-0.1, -0.05) is 45.3 Å². The van der Waals surface area contributed by atoms with Crippen LogP contribution in [0.2, 0.25) is 0 Å². The lowest BCUT2D eigenvalue weighted by Crippen LogP contribution is -2.31. The normalized spacial score (nSPS) is 34.2. The van der Waals surface area contributed by atoms with Crippen LogP contribution >= 0.6 is 0 Å². The first-order valence-corrected chi connectivity index (χ1v) is 6.74. The van der Waals surface area contributed by atoms with Gasteiger partial charge in [0.05, 0.1) is 24.7 Å². The van der Waals surface area contributed by atoms with Gasteiger partial charge in [0.15, 0.2) is 0 Å². The molecule has 0 aliphatic carbocycles. The first-order valence-electron chi connectivity index (χ1n) is 6.74. The molecule has 0 aromatic carbocycles. The summed E-state index contributed by atoms with van der Waals surface area (Å²) in [6, 6.07) is 0. The van der Waals surface area contributed by atoms with Crippen molar-refractivity contribution < 1.29 is 14.3 Å². The number of carbonyl (C=O) groups excluding carboxylic acids is 1. The summed E-state index contributed by atoms with van der Waals surface area (Å²) in [6.07, 6.45) is 8.67. The predicted octanol–water partition coefficient (Wildman–Crippen LogP) is 2.70. The van der Waals surface area contributed by atoms with Crippen molar-refractivity contribution >= 4 is 5.97 Å². The zero-order valence-electron chi connectivity index (χ0n) is 10.7. The number of hydrogen-bond acceptors (Lipinski definition) is 3. The molecule has 0 spiro atoms. The van der Waals surface area contributed by atoms with Crippen LogP contribution in [0.5, 0.6) is 0 Å². The number of ether oxygens (including phenoxy) is 2. The average Bonchev–Trinajstić information content (AvgIpc) is 2.89. The van der Waals surface area contributed by atoms with E-state index in [1.165, 1.54) is 12.8 Å². The second kappa shape index (κ2) is 5.67. The molecule has 17 heavy (non-hydrogen) atoms. The molecule has 2 aliphatic rings. The van der Waals surface area contributed by atoms with Crippen molar-refractivity contribution in [1.29, 1.82) is 0 Å². The molecule has 0 saturated carbocycles. The topological polar surface area (TPSA) is 35.5 Å². The Balaban J connectivity index is 1.72. The van der Waals surface area contributed by atoms with Crippen molar-refractivity contribution in [2.45, 2.75) is 51.7 Å². The van der Waals surface area contributed by atoms with Gasteiger partial charge in [-0.05, 0) is 6.42 Å². The monoisotopic (exact) mass is 238 g/mol. The van der Waals surface area contributed by atoms with Crippen LogP contribution < -0.4 is 0 Å². The lowest BCUT2D eigenvalue weighted by Gasteiger charge is -2.19. The second-order valence-corrected chi connectivity index (χ2v) is 5.06. The van der Waals surface area contributed by atoms with Gasteiger partial charge in [0, 0.05) is 5.92 Å². The van der Waals surface area contributed by atoms with Gasteiger partial charge in [-0.25, -0.2) is 0 Å². The first kappa shape index (κ1) is 12.6. The third-order valence-corrected chi connectivity index (χ3v) is 3.76. The Morgan fingerprint density at radius 1 is 1.24 bits per heavy atom. The van der Waals surface area contributed by atoms with E-state index >= 15 is 0 Å². The Morgan fingerprint density at radius 3 is 2.65 bits per heavy atom. The molecule has 3 nitrogen and oxygen atoms in total. The van der Waals surface area contributed by atoms with Crippen molar-refractivity contribution in [2.75, 3.05) is 6.61 Å². The molecule has 1 saturated heterocycles. The molecule has 1 fully saturated rings. The smallest absolute Gasteiger partial charge is 0.312 e. The number of unbranched alkanes of at least 4 members (excludes halogenated alkanes) is 3. The van der Waals surface area contributed by atoms with E-state index in [1.54, 1.807) is 0 Å². The lowest BCUT2D eigenvalue weighted by atomic mass is 9.84. The van der Waals surface area contributed by atoms with E-state index in [-0.39, 0.29) is 30.0 Å². The lowest BCUT2D eigenvalue weighted by molar-refractivity contribution is -0.150. The minimum atomic E-state index is -0.0869. The van der Waals surface area contributed by atoms with Gasteiger partial charge < -0.3 is 9.47 Å². The zero-order valence-corrected chi connectivity index (χ0v) is 10.7. The second-order valence-electron chi connectivity index (χ2n) is 5.06. The molecule has 3 heteroatoms. The fraction of sp³-hybridized carbons (Fsp3) is 0.786. The summed E-state index contributed by atoms with van der Waals surface area (Å²) in [5.74, 6) is 0.0927. The van der Waals surface area contributed by atoms with E-state index < -0.39 is 0 Å². The van der Waals surface area contributed by atoms with E-state index in [2.05, 4.69) is 19.9 Å². The molecule has 0 radical (unpaired) electrons. The van der Waals surface area contributed by atoms with Gasteiger partial charge in [0.25, 0.3) is 0 Å². The molecular weight excluding hydrogens is 216 g/mol. The van der Waals surface area contributed by atoms with Crippen LogP contribution in [-0.4, -0.2) is 24.8 Å². The van der Waals surface area contributed by atoms with Crippen molar-refractivity contribution in [3.63, 3.8) is 0 Å². The molecule has 4 atom stereocenters. The summed E-state index contributed by atoms with van der Waals surface area (Å²) in [5.41, 5.74) is 0. The molecule has 96 valence electrons. The largest absolute Gasteiger partial charge is 0.465 e. The standard InChI is InChI=1S/C14H22O3/c1-3-4-5-6-9-16-14(15)13-10(2)11-7-8-12(13)17-11/h7-8,10-13H,3-6,9H2,1-2H3. The third-order valence-electron chi connectivity index (χ3n) is 3.76. The van der Waals surface area contributed by atoms with Crippen LogP contribution in [0.4, 0.5) is 0 Å². The number of carbonyl (C=O) groups is 1. The quantitative estimate of drug-likeness (QED) is 0.405. The summed E-state index contributed by atoms with van der Waals surface area (Å²) in [6.45, 7) is 4.80. The maximum atomic E-state index is 11.9. The Labute approximate surface area is 103 Å². The summed E-state index contributed by atoms with van der Waals surface area (Å²) in [5, 5.41) is 0. The fourth-order valence-electron chi connectivity index (χ4n) is 2.64. The Morgan fingerprint density at radius 2 is 2.00 bits per heavy atom. The molecule has 0 amide bonds. The average molecular weight is 238 g/mol. The van der Waals surface area contributed by atoms with Crippen molar-refractivity contribution in [3.8, 4) is 0 Å². The van der Waals surface area contributed by atoms with Crippen molar-refractivity contribution in [1.82, 2.24) is 0 Å². The fourth-order valence-corrected chi connectivity index (χ4v) is 2.64. The highest BCUT2D eigenvalue weighted by molar-refractivity contribution is 5.75. The predicted molar refractivity (Wildman–Crippen MR) is 65.6 cm³/mol. The van der Waals surface area contributed by atoms with Gasteiger partial charge in [-0.2, -0.15) is 0 Å². The van der Waals surface area contributed by atoms with Gasteiger partial charge in [-0.3, -0.25) is 4.79 Å². The highest BCUT2D eigenvalue weighted by atomic mass is 16.5. The highest BCUT2D eigenvalue weighted by Crippen LogP contribution is 2.39. The summed E-state index contributed by atoms with van der Waals surface area (Å²) < 4.78 is 11.0. The number of hydrogen-bond donors (Lipinski definition) is 0. The third kappa shape index (κ3) is 2.71. The molecule has 4 unspecified atom stereocenters. The Kier molecular flexibility index (Phi) is 4.21. The molecule has 0 aromatic heterocycles. The Hall–Kier alpha value is -0.830. The van der Waals surface area contributed by atoms with E-state index in [4.69, 9.17) is 9.47 Å². The van der Waals surface area contributed by atoms with E-state index in [9.17, 15) is 4.79 Å². The first-order chi connectivity index (χ1) is 8.24. The molecular formula is C14H22O3. The zero-order chi connectivity index (χ0) is 12.3. The molecule has 2 heterocycles. The maximum absolute atomic E-state index is 11.9. The summed E-state index contributed by atoms with van der Waals surface area (Å²) in [4.78, 5) is 11.9. The summed E-state index contributed by atoms with van der Waals surface area (Å²) in [7, 11) is 0. The van der Waals surface area contributed by atoms with E-state index in [0.29, 0.717) is 6.61 Å².